The third-order valence-corrected chi connectivity index (χ3v) is 4.54. The van der Waals surface area contributed by atoms with Crippen molar-refractivity contribution in [3.8, 4) is 5.75 Å². The Morgan fingerprint density at radius 1 is 1.00 bits per heavy atom. The van der Waals surface area contributed by atoms with Crippen LogP contribution in [0.1, 0.15) is 15.2 Å². The Bertz CT molecular complexity index is 934. The summed E-state index contributed by atoms with van der Waals surface area (Å²) in [6, 6.07) is 17.1. The Labute approximate surface area is 159 Å². The minimum Gasteiger partial charge on any atom is -0.423 e. The highest BCUT2D eigenvalue weighted by atomic mass is 35.5. The van der Waals surface area contributed by atoms with Gasteiger partial charge in [-0.05, 0) is 53.9 Å². The number of hydrogen-bond acceptors (Lipinski definition) is 4. The fourth-order valence-corrected chi connectivity index (χ4v) is 2.98. The summed E-state index contributed by atoms with van der Waals surface area (Å²) >= 11 is 7.54. The second kappa shape index (κ2) is 8.47. The van der Waals surface area contributed by atoms with Crippen LogP contribution in [0.15, 0.2) is 72.1 Å². The molecule has 0 unspecified atom stereocenters. The van der Waals surface area contributed by atoms with Gasteiger partial charge in [0.25, 0.3) is 5.91 Å². The lowest BCUT2D eigenvalue weighted by Crippen LogP contribution is -2.12. The van der Waals surface area contributed by atoms with E-state index in [1.807, 2.05) is 17.5 Å². The molecule has 26 heavy (non-hydrogen) atoms. The third kappa shape index (κ3) is 4.81. The van der Waals surface area contributed by atoms with E-state index < -0.39 is 5.97 Å². The van der Waals surface area contributed by atoms with E-state index >= 15 is 0 Å². The van der Waals surface area contributed by atoms with Gasteiger partial charge in [0.2, 0.25) is 0 Å². The maximum atomic E-state index is 12.2. The van der Waals surface area contributed by atoms with E-state index in [9.17, 15) is 9.59 Å². The maximum absolute atomic E-state index is 12.2. The average molecular weight is 384 g/mol. The number of benzene rings is 2. The summed E-state index contributed by atoms with van der Waals surface area (Å²) in [4.78, 5) is 25.0. The summed E-state index contributed by atoms with van der Waals surface area (Å²) < 4.78 is 5.22. The first-order valence-electron chi connectivity index (χ1n) is 7.71. The Kier molecular flexibility index (Phi) is 5.84. The molecule has 130 valence electrons. The van der Waals surface area contributed by atoms with Crippen LogP contribution in [0.3, 0.4) is 0 Å². The molecule has 4 nitrogen and oxygen atoms in total. The van der Waals surface area contributed by atoms with E-state index in [0.29, 0.717) is 22.0 Å². The largest absolute Gasteiger partial charge is 0.423 e. The molecule has 0 bridgehead atoms. The van der Waals surface area contributed by atoms with Crippen LogP contribution in [0.4, 0.5) is 5.69 Å². The molecule has 1 N–H and O–H groups in total. The Morgan fingerprint density at radius 3 is 2.46 bits per heavy atom. The molecule has 0 aliphatic rings. The van der Waals surface area contributed by atoms with Gasteiger partial charge in [0, 0.05) is 16.6 Å². The number of thiophene rings is 1. The molecule has 1 aromatic heterocycles. The van der Waals surface area contributed by atoms with Crippen LogP contribution in [-0.4, -0.2) is 11.9 Å². The Hall–Kier alpha value is -2.89. The molecular weight excluding hydrogens is 370 g/mol. The zero-order valence-corrected chi connectivity index (χ0v) is 15.1. The summed E-state index contributed by atoms with van der Waals surface area (Å²) in [6.07, 6.45) is 3.07. The van der Waals surface area contributed by atoms with Gasteiger partial charge in [-0.25, -0.2) is 4.79 Å². The van der Waals surface area contributed by atoms with E-state index in [4.69, 9.17) is 16.3 Å². The molecule has 0 atom stereocenters. The predicted octanol–water partition coefficient (Wildman–Crippen LogP) is 5.27. The van der Waals surface area contributed by atoms with Crippen LogP contribution >= 0.6 is 22.9 Å². The highest BCUT2D eigenvalue weighted by Crippen LogP contribution is 2.20. The van der Waals surface area contributed by atoms with Gasteiger partial charge in [-0.2, -0.15) is 0 Å². The maximum Gasteiger partial charge on any atom is 0.336 e. The number of amides is 1. The van der Waals surface area contributed by atoms with Gasteiger partial charge in [0.15, 0.2) is 0 Å². The summed E-state index contributed by atoms with van der Waals surface area (Å²) in [6.45, 7) is 0. The fraction of sp³-hybridized carbons (Fsp3) is 0. The number of rotatable bonds is 5. The molecule has 0 aliphatic carbocycles. The van der Waals surface area contributed by atoms with Crippen LogP contribution in [0.2, 0.25) is 5.02 Å². The predicted molar refractivity (Wildman–Crippen MR) is 105 cm³/mol. The van der Waals surface area contributed by atoms with Crippen molar-refractivity contribution in [2.45, 2.75) is 0 Å². The summed E-state index contributed by atoms with van der Waals surface area (Å²) in [5.74, 6) is -0.382. The molecule has 0 saturated heterocycles. The molecule has 0 aliphatic heterocycles. The smallest absolute Gasteiger partial charge is 0.336 e. The average Bonchev–Trinajstić information content (AvgIpc) is 3.15. The first-order valence-corrected chi connectivity index (χ1v) is 8.97. The molecule has 0 fully saturated rings. The fourth-order valence-electron chi connectivity index (χ4n) is 2.14. The Balaban J connectivity index is 1.59. The number of ether oxygens (including phenoxy) is 1. The van der Waals surface area contributed by atoms with Crippen molar-refractivity contribution in [2.24, 2.45) is 0 Å². The van der Waals surface area contributed by atoms with Crippen molar-refractivity contribution >= 4 is 46.6 Å². The van der Waals surface area contributed by atoms with Gasteiger partial charge in [-0.1, -0.05) is 29.8 Å². The lowest BCUT2D eigenvalue weighted by Gasteiger charge is -2.07. The van der Waals surface area contributed by atoms with E-state index in [1.165, 1.54) is 17.4 Å². The van der Waals surface area contributed by atoms with Crippen LogP contribution < -0.4 is 10.1 Å². The number of anilines is 1. The van der Waals surface area contributed by atoms with Crippen molar-refractivity contribution in [2.75, 3.05) is 5.32 Å². The van der Waals surface area contributed by atoms with Crippen LogP contribution in [-0.2, 0) is 4.79 Å². The SMILES string of the molecule is O=C(/C=C/c1cccs1)Oc1ccc(NC(=O)c2ccccc2Cl)cc1. The highest BCUT2D eigenvalue weighted by Gasteiger charge is 2.10. The number of esters is 1. The van der Waals surface area contributed by atoms with Crippen molar-refractivity contribution in [3.63, 3.8) is 0 Å². The lowest BCUT2D eigenvalue weighted by atomic mass is 10.2. The monoisotopic (exact) mass is 383 g/mol. The molecule has 1 amide bonds. The van der Waals surface area contributed by atoms with Crippen LogP contribution in [0.25, 0.3) is 6.08 Å². The molecule has 2 aromatic carbocycles. The molecule has 1 heterocycles. The molecule has 0 saturated carbocycles. The number of carbonyl (C=O) groups excluding carboxylic acids is 2. The summed E-state index contributed by atoms with van der Waals surface area (Å²) in [5, 5.41) is 5.06. The van der Waals surface area contributed by atoms with E-state index in [1.54, 1.807) is 54.6 Å². The van der Waals surface area contributed by atoms with Gasteiger partial charge in [-0.15, -0.1) is 11.3 Å². The molecule has 6 heteroatoms. The van der Waals surface area contributed by atoms with Crippen molar-refractivity contribution in [1.82, 2.24) is 0 Å². The minimum atomic E-state index is -0.466. The molecular formula is C20H14ClNO3S. The first kappa shape index (κ1) is 17.9. The lowest BCUT2D eigenvalue weighted by molar-refractivity contribution is -0.128. The number of halogens is 1. The molecule has 0 spiro atoms. The van der Waals surface area contributed by atoms with Crippen LogP contribution in [0, 0.1) is 0 Å². The van der Waals surface area contributed by atoms with Crippen LogP contribution in [0.5, 0.6) is 5.75 Å². The standard InChI is InChI=1S/C20H14ClNO3S/c21-18-6-2-1-5-17(18)20(24)22-14-7-9-15(10-8-14)25-19(23)12-11-16-4-3-13-26-16/h1-13H,(H,22,24)/b12-11+. The second-order valence-electron chi connectivity index (χ2n) is 5.23. The van der Waals surface area contributed by atoms with Gasteiger partial charge >= 0.3 is 5.97 Å². The number of carbonyl (C=O) groups is 2. The van der Waals surface area contributed by atoms with Crippen molar-refractivity contribution in [3.05, 3.63) is 87.6 Å². The van der Waals surface area contributed by atoms with Gasteiger partial charge in [0.1, 0.15) is 5.75 Å². The first-order chi connectivity index (χ1) is 12.6. The quantitative estimate of drug-likeness (QED) is 0.371. The Morgan fingerprint density at radius 2 is 1.77 bits per heavy atom. The van der Waals surface area contributed by atoms with Gasteiger partial charge in [-0.3, -0.25) is 4.79 Å². The van der Waals surface area contributed by atoms with E-state index in [0.717, 1.165) is 4.88 Å². The third-order valence-electron chi connectivity index (χ3n) is 3.38. The van der Waals surface area contributed by atoms with E-state index in [-0.39, 0.29) is 5.91 Å². The number of nitrogens with one attached hydrogen (secondary N) is 1. The zero-order valence-electron chi connectivity index (χ0n) is 13.5. The zero-order chi connectivity index (χ0) is 18.4. The molecule has 0 radical (unpaired) electrons. The highest BCUT2D eigenvalue weighted by molar-refractivity contribution is 7.10. The van der Waals surface area contributed by atoms with Crippen molar-refractivity contribution in [1.29, 1.82) is 0 Å². The summed E-state index contributed by atoms with van der Waals surface area (Å²) in [7, 11) is 0. The summed E-state index contributed by atoms with van der Waals surface area (Å²) in [5.41, 5.74) is 0.965. The minimum absolute atomic E-state index is 0.306. The molecule has 3 aromatic rings. The van der Waals surface area contributed by atoms with Crippen molar-refractivity contribution < 1.29 is 14.3 Å². The molecule has 3 rings (SSSR count). The second-order valence-corrected chi connectivity index (χ2v) is 6.61. The van der Waals surface area contributed by atoms with Gasteiger partial charge in [0.05, 0.1) is 10.6 Å². The normalized spacial score (nSPS) is 10.7. The topological polar surface area (TPSA) is 55.4 Å². The van der Waals surface area contributed by atoms with Gasteiger partial charge < -0.3 is 10.1 Å². The van der Waals surface area contributed by atoms with E-state index in [2.05, 4.69) is 5.32 Å². The number of hydrogen-bond donors (Lipinski definition) is 1.